The Bertz CT molecular complexity index is 791. The molecular formula is C19H18N2. The molecule has 0 N–H and O–H groups in total. The smallest absolute Gasteiger partial charge is 0.0892 e. The lowest BCUT2D eigenvalue weighted by Crippen LogP contribution is -1.91. The first-order valence-corrected chi connectivity index (χ1v) is 7.10. The highest BCUT2D eigenvalue weighted by Crippen LogP contribution is 2.23. The SMILES string of the molecule is Cc1cccc(-c2cncc(-c3ccc(C)c(C)c3)n2)c1. The van der Waals surface area contributed by atoms with Crippen LogP contribution in [0.25, 0.3) is 22.5 Å². The van der Waals surface area contributed by atoms with Gasteiger partial charge in [0.2, 0.25) is 0 Å². The fourth-order valence-corrected chi connectivity index (χ4v) is 2.35. The summed E-state index contributed by atoms with van der Waals surface area (Å²) in [6.45, 7) is 6.33. The molecule has 1 aromatic heterocycles. The van der Waals surface area contributed by atoms with Crippen molar-refractivity contribution in [3.8, 4) is 22.5 Å². The Morgan fingerprint density at radius 3 is 2.10 bits per heavy atom. The van der Waals surface area contributed by atoms with Crippen LogP contribution in [0.15, 0.2) is 54.9 Å². The molecule has 0 fully saturated rings. The predicted octanol–water partition coefficient (Wildman–Crippen LogP) is 4.74. The van der Waals surface area contributed by atoms with Crippen molar-refractivity contribution in [3.05, 3.63) is 71.5 Å². The van der Waals surface area contributed by atoms with Gasteiger partial charge in [-0.25, -0.2) is 4.98 Å². The largest absolute Gasteiger partial charge is 0.260 e. The van der Waals surface area contributed by atoms with Crippen molar-refractivity contribution in [1.29, 1.82) is 0 Å². The Morgan fingerprint density at radius 2 is 1.43 bits per heavy atom. The molecule has 2 aromatic carbocycles. The maximum absolute atomic E-state index is 4.76. The zero-order chi connectivity index (χ0) is 14.8. The molecule has 0 unspecified atom stereocenters. The van der Waals surface area contributed by atoms with Crippen LogP contribution in [0.5, 0.6) is 0 Å². The summed E-state index contributed by atoms with van der Waals surface area (Å²) in [4.78, 5) is 9.12. The fourth-order valence-electron chi connectivity index (χ4n) is 2.35. The zero-order valence-corrected chi connectivity index (χ0v) is 12.6. The van der Waals surface area contributed by atoms with Gasteiger partial charge in [0.25, 0.3) is 0 Å². The van der Waals surface area contributed by atoms with Crippen LogP contribution in [0.1, 0.15) is 16.7 Å². The third-order valence-corrected chi connectivity index (χ3v) is 3.75. The minimum absolute atomic E-state index is 0.912. The molecule has 0 bridgehead atoms. The second-order valence-electron chi connectivity index (χ2n) is 5.46. The van der Waals surface area contributed by atoms with Crippen molar-refractivity contribution in [2.24, 2.45) is 0 Å². The quantitative estimate of drug-likeness (QED) is 0.674. The van der Waals surface area contributed by atoms with Crippen LogP contribution in [-0.4, -0.2) is 9.97 Å². The Morgan fingerprint density at radius 1 is 0.714 bits per heavy atom. The molecule has 2 nitrogen and oxygen atoms in total. The molecule has 3 aromatic rings. The van der Waals surface area contributed by atoms with E-state index in [1.165, 1.54) is 16.7 Å². The molecule has 0 saturated carbocycles. The van der Waals surface area contributed by atoms with Gasteiger partial charge in [-0.2, -0.15) is 0 Å². The normalized spacial score (nSPS) is 10.6. The van der Waals surface area contributed by atoms with Gasteiger partial charge in [-0.05, 0) is 44.0 Å². The van der Waals surface area contributed by atoms with E-state index in [0.717, 1.165) is 22.5 Å². The first-order chi connectivity index (χ1) is 10.1. The van der Waals surface area contributed by atoms with Crippen LogP contribution in [0, 0.1) is 20.8 Å². The molecule has 0 amide bonds. The number of aryl methyl sites for hydroxylation is 3. The van der Waals surface area contributed by atoms with E-state index in [4.69, 9.17) is 4.98 Å². The standard InChI is InChI=1S/C19H18N2/c1-13-5-4-6-16(9-13)18-11-20-12-19(21-18)17-8-7-14(2)15(3)10-17/h4-12H,1-3H3. The molecule has 1 heterocycles. The van der Waals surface area contributed by atoms with E-state index in [2.05, 4.69) is 68.2 Å². The monoisotopic (exact) mass is 274 g/mol. The summed E-state index contributed by atoms with van der Waals surface area (Å²) in [6, 6.07) is 14.7. The van der Waals surface area contributed by atoms with E-state index in [1.807, 2.05) is 12.4 Å². The van der Waals surface area contributed by atoms with Gasteiger partial charge in [0.1, 0.15) is 0 Å². The molecule has 0 saturated heterocycles. The Hall–Kier alpha value is -2.48. The molecular weight excluding hydrogens is 256 g/mol. The van der Waals surface area contributed by atoms with Crippen LogP contribution in [0.3, 0.4) is 0 Å². The first-order valence-electron chi connectivity index (χ1n) is 7.10. The second-order valence-corrected chi connectivity index (χ2v) is 5.46. The van der Waals surface area contributed by atoms with Crippen LogP contribution < -0.4 is 0 Å². The number of hydrogen-bond donors (Lipinski definition) is 0. The number of rotatable bonds is 2. The maximum atomic E-state index is 4.76. The van der Waals surface area contributed by atoms with Gasteiger partial charge in [-0.1, -0.05) is 35.9 Å². The third-order valence-electron chi connectivity index (χ3n) is 3.75. The predicted molar refractivity (Wildman–Crippen MR) is 87.1 cm³/mol. The van der Waals surface area contributed by atoms with Crippen molar-refractivity contribution < 1.29 is 0 Å². The van der Waals surface area contributed by atoms with Gasteiger partial charge in [0, 0.05) is 11.1 Å². The molecule has 2 heteroatoms. The van der Waals surface area contributed by atoms with E-state index in [0.29, 0.717) is 0 Å². The molecule has 104 valence electrons. The van der Waals surface area contributed by atoms with E-state index in [-0.39, 0.29) is 0 Å². The molecule has 0 aliphatic heterocycles. The van der Waals surface area contributed by atoms with Crippen molar-refractivity contribution in [2.45, 2.75) is 20.8 Å². The maximum Gasteiger partial charge on any atom is 0.0892 e. The van der Waals surface area contributed by atoms with Gasteiger partial charge in [-0.3, -0.25) is 4.98 Å². The van der Waals surface area contributed by atoms with Gasteiger partial charge < -0.3 is 0 Å². The molecule has 0 radical (unpaired) electrons. The highest BCUT2D eigenvalue weighted by molar-refractivity contribution is 5.65. The van der Waals surface area contributed by atoms with Crippen LogP contribution in [0.4, 0.5) is 0 Å². The molecule has 3 rings (SSSR count). The minimum atomic E-state index is 0.912. The number of nitrogens with zero attached hydrogens (tertiary/aromatic N) is 2. The summed E-state index contributed by atoms with van der Waals surface area (Å²) in [5.74, 6) is 0. The van der Waals surface area contributed by atoms with Crippen molar-refractivity contribution in [2.75, 3.05) is 0 Å². The molecule has 0 atom stereocenters. The summed E-state index contributed by atoms with van der Waals surface area (Å²) in [5.41, 5.74) is 7.84. The highest BCUT2D eigenvalue weighted by atomic mass is 14.8. The van der Waals surface area contributed by atoms with Crippen molar-refractivity contribution in [1.82, 2.24) is 9.97 Å². The first kappa shape index (κ1) is 13.5. The van der Waals surface area contributed by atoms with E-state index >= 15 is 0 Å². The van der Waals surface area contributed by atoms with Crippen molar-refractivity contribution >= 4 is 0 Å². The molecule has 21 heavy (non-hydrogen) atoms. The molecule has 0 aliphatic carbocycles. The number of hydrogen-bond acceptors (Lipinski definition) is 2. The van der Waals surface area contributed by atoms with Gasteiger partial charge in [0.15, 0.2) is 0 Å². The zero-order valence-electron chi connectivity index (χ0n) is 12.6. The number of benzene rings is 2. The Labute approximate surface area is 125 Å². The lowest BCUT2D eigenvalue weighted by Gasteiger charge is -2.07. The lowest BCUT2D eigenvalue weighted by molar-refractivity contribution is 1.20. The van der Waals surface area contributed by atoms with Crippen LogP contribution >= 0.6 is 0 Å². The van der Waals surface area contributed by atoms with Crippen LogP contribution in [0.2, 0.25) is 0 Å². The summed E-state index contributed by atoms with van der Waals surface area (Å²) < 4.78 is 0. The summed E-state index contributed by atoms with van der Waals surface area (Å²) in [6.07, 6.45) is 3.64. The Balaban J connectivity index is 2.05. The summed E-state index contributed by atoms with van der Waals surface area (Å²) in [5, 5.41) is 0. The number of aromatic nitrogens is 2. The molecule has 0 spiro atoms. The van der Waals surface area contributed by atoms with Gasteiger partial charge in [-0.15, -0.1) is 0 Å². The Kier molecular flexibility index (Phi) is 3.53. The topological polar surface area (TPSA) is 25.8 Å². The average Bonchev–Trinajstić information content (AvgIpc) is 2.50. The summed E-state index contributed by atoms with van der Waals surface area (Å²) >= 11 is 0. The molecule has 0 aliphatic rings. The summed E-state index contributed by atoms with van der Waals surface area (Å²) in [7, 11) is 0. The third kappa shape index (κ3) is 2.84. The van der Waals surface area contributed by atoms with Gasteiger partial charge >= 0.3 is 0 Å². The van der Waals surface area contributed by atoms with Gasteiger partial charge in [0.05, 0.1) is 23.8 Å². The fraction of sp³-hybridized carbons (Fsp3) is 0.158. The van der Waals surface area contributed by atoms with E-state index in [1.54, 1.807) is 0 Å². The highest BCUT2D eigenvalue weighted by Gasteiger charge is 2.05. The van der Waals surface area contributed by atoms with E-state index in [9.17, 15) is 0 Å². The van der Waals surface area contributed by atoms with Crippen LogP contribution in [-0.2, 0) is 0 Å². The second kappa shape index (κ2) is 5.49. The van der Waals surface area contributed by atoms with Crippen molar-refractivity contribution in [3.63, 3.8) is 0 Å². The van der Waals surface area contributed by atoms with E-state index < -0.39 is 0 Å². The lowest BCUT2D eigenvalue weighted by atomic mass is 10.0. The minimum Gasteiger partial charge on any atom is -0.260 e. The average molecular weight is 274 g/mol.